The maximum atomic E-state index is 13.5. The molecule has 132 valence electrons. The van der Waals surface area contributed by atoms with Crippen LogP contribution in [0, 0.1) is 0 Å². The van der Waals surface area contributed by atoms with E-state index in [1.165, 1.54) is 19.9 Å². The molecular formula is C17H22ClFN2O3. The Kier molecular flexibility index (Phi) is 7.88. The van der Waals surface area contributed by atoms with E-state index in [-0.39, 0.29) is 18.5 Å². The lowest BCUT2D eigenvalue weighted by molar-refractivity contribution is -0.114. The van der Waals surface area contributed by atoms with Crippen LogP contribution < -0.4 is 10.6 Å². The second-order valence-corrected chi connectivity index (χ2v) is 5.70. The number of allylic oxidation sites excluding steroid dienone is 1. The number of carbonyl (C=O) groups excluding carboxylic acids is 2. The fourth-order valence-corrected chi connectivity index (χ4v) is 2.27. The van der Waals surface area contributed by atoms with Crippen LogP contribution in [0.15, 0.2) is 35.7 Å². The summed E-state index contributed by atoms with van der Waals surface area (Å²) in [5.41, 5.74) is 0.981. The second-order valence-electron chi connectivity index (χ2n) is 5.70. The molecule has 5 nitrogen and oxygen atoms in total. The van der Waals surface area contributed by atoms with Gasteiger partial charge in [0.15, 0.2) is 5.83 Å². The number of piperidine rings is 1. The van der Waals surface area contributed by atoms with E-state index in [9.17, 15) is 14.0 Å². The molecular weight excluding hydrogens is 335 g/mol. The topological polar surface area (TPSA) is 67.4 Å². The molecule has 0 bridgehead atoms. The van der Waals surface area contributed by atoms with Crippen molar-refractivity contribution in [3.05, 3.63) is 41.2 Å². The second kappa shape index (κ2) is 9.39. The number of nitrogens with one attached hydrogen (secondary N) is 2. The average Bonchev–Trinajstić information content (AvgIpc) is 2.55. The summed E-state index contributed by atoms with van der Waals surface area (Å²) >= 11 is 0. The van der Waals surface area contributed by atoms with Crippen molar-refractivity contribution < 1.29 is 18.7 Å². The first kappa shape index (κ1) is 20.1. The van der Waals surface area contributed by atoms with Gasteiger partial charge in [-0.1, -0.05) is 6.07 Å². The zero-order valence-corrected chi connectivity index (χ0v) is 14.5. The van der Waals surface area contributed by atoms with Gasteiger partial charge in [0.25, 0.3) is 5.91 Å². The number of halogens is 2. The average molecular weight is 357 g/mol. The van der Waals surface area contributed by atoms with Gasteiger partial charge in [-0.2, -0.15) is 0 Å². The highest BCUT2D eigenvalue weighted by atomic mass is 35.5. The third-order valence-corrected chi connectivity index (χ3v) is 3.55. The van der Waals surface area contributed by atoms with E-state index in [4.69, 9.17) is 4.74 Å². The summed E-state index contributed by atoms with van der Waals surface area (Å²) in [7, 11) is 0. The van der Waals surface area contributed by atoms with Crippen LogP contribution in [0.1, 0.15) is 37.0 Å². The molecule has 0 spiro atoms. The summed E-state index contributed by atoms with van der Waals surface area (Å²) < 4.78 is 19.0. The molecule has 2 rings (SSSR count). The van der Waals surface area contributed by atoms with E-state index in [0.717, 1.165) is 25.9 Å². The van der Waals surface area contributed by atoms with Gasteiger partial charge in [-0.15, -0.1) is 12.4 Å². The number of carbonyl (C=O) groups is 2. The molecule has 1 saturated heterocycles. The quantitative estimate of drug-likeness (QED) is 0.642. The van der Waals surface area contributed by atoms with Crippen LogP contribution in [0.5, 0.6) is 0 Å². The van der Waals surface area contributed by atoms with Crippen molar-refractivity contribution in [1.82, 2.24) is 5.32 Å². The predicted octanol–water partition coefficient (Wildman–Crippen LogP) is 3.22. The van der Waals surface area contributed by atoms with Crippen LogP contribution >= 0.6 is 12.4 Å². The number of amides is 1. The Morgan fingerprint density at radius 2 is 1.92 bits per heavy atom. The molecule has 0 atom stereocenters. The maximum Gasteiger partial charge on any atom is 0.338 e. The van der Waals surface area contributed by atoms with Crippen molar-refractivity contribution in [2.75, 3.05) is 18.4 Å². The molecule has 1 aromatic rings. The lowest BCUT2D eigenvalue weighted by Crippen LogP contribution is -2.33. The monoisotopic (exact) mass is 356 g/mol. The van der Waals surface area contributed by atoms with Crippen molar-refractivity contribution in [3.8, 4) is 0 Å². The lowest BCUT2D eigenvalue weighted by Gasteiger charge is -2.22. The lowest BCUT2D eigenvalue weighted by atomic mass is 10.1. The van der Waals surface area contributed by atoms with E-state index in [1.807, 2.05) is 0 Å². The fraction of sp³-hybridized carbons (Fsp3) is 0.412. The molecule has 0 aliphatic carbocycles. The Morgan fingerprint density at radius 3 is 2.54 bits per heavy atom. The molecule has 1 fully saturated rings. The maximum absolute atomic E-state index is 13.5. The molecule has 0 aromatic heterocycles. The van der Waals surface area contributed by atoms with E-state index >= 15 is 0 Å². The van der Waals surface area contributed by atoms with E-state index in [0.29, 0.717) is 16.8 Å². The third kappa shape index (κ3) is 5.62. The van der Waals surface area contributed by atoms with Crippen molar-refractivity contribution in [3.63, 3.8) is 0 Å². The SMILES string of the molecule is CC(C)=C(F)C(=O)Nc1cccc(C(=O)OC2CCNCC2)c1.Cl. The highest BCUT2D eigenvalue weighted by molar-refractivity contribution is 6.03. The molecule has 0 unspecified atom stereocenters. The Bertz CT molecular complexity index is 624. The molecule has 0 radical (unpaired) electrons. The molecule has 1 amide bonds. The van der Waals surface area contributed by atoms with Gasteiger partial charge in [0, 0.05) is 5.69 Å². The van der Waals surface area contributed by atoms with Gasteiger partial charge in [0.05, 0.1) is 5.56 Å². The smallest absolute Gasteiger partial charge is 0.338 e. The van der Waals surface area contributed by atoms with E-state index < -0.39 is 17.7 Å². The van der Waals surface area contributed by atoms with Crippen LogP contribution in [-0.4, -0.2) is 31.1 Å². The first-order valence-electron chi connectivity index (χ1n) is 7.63. The number of hydrogen-bond acceptors (Lipinski definition) is 4. The Labute approximate surface area is 147 Å². The number of esters is 1. The van der Waals surface area contributed by atoms with Gasteiger partial charge in [-0.25, -0.2) is 9.18 Å². The normalized spacial score (nSPS) is 14.3. The van der Waals surface area contributed by atoms with E-state index in [2.05, 4.69) is 10.6 Å². The highest BCUT2D eigenvalue weighted by Gasteiger charge is 2.19. The molecule has 1 aliphatic rings. The number of rotatable bonds is 4. The summed E-state index contributed by atoms with van der Waals surface area (Å²) in [4.78, 5) is 23.8. The Balaban J connectivity index is 0.00000288. The van der Waals surface area contributed by atoms with Crippen molar-refractivity contribution >= 4 is 30.0 Å². The molecule has 1 aromatic carbocycles. The number of hydrogen-bond donors (Lipinski definition) is 2. The molecule has 1 aliphatic heterocycles. The van der Waals surface area contributed by atoms with Crippen LogP contribution in [0.2, 0.25) is 0 Å². The van der Waals surface area contributed by atoms with Gasteiger partial charge in [0.2, 0.25) is 0 Å². The van der Waals surface area contributed by atoms with Crippen LogP contribution in [-0.2, 0) is 9.53 Å². The summed E-state index contributed by atoms with van der Waals surface area (Å²) in [6.45, 7) is 4.69. The Hall–Kier alpha value is -1.92. The first-order valence-corrected chi connectivity index (χ1v) is 7.63. The van der Waals surface area contributed by atoms with Crippen molar-refractivity contribution in [1.29, 1.82) is 0 Å². The summed E-state index contributed by atoms with van der Waals surface area (Å²) in [6, 6.07) is 6.31. The van der Waals surface area contributed by atoms with Crippen LogP contribution in [0.25, 0.3) is 0 Å². The summed E-state index contributed by atoms with van der Waals surface area (Å²) in [5, 5.41) is 5.63. The number of ether oxygens (including phenoxy) is 1. The summed E-state index contributed by atoms with van der Waals surface area (Å²) in [6.07, 6.45) is 1.48. The molecule has 24 heavy (non-hydrogen) atoms. The molecule has 0 saturated carbocycles. The van der Waals surface area contributed by atoms with Gasteiger partial charge in [-0.05, 0) is 63.6 Å². The largest absolute Gasteiger partial charge is 0.459 e. The fourth-order valence-electron chi connectivity index (χ4n) is 2.27. The minimum Gasteiger partial charge on any atom is -0.459 e. The zero-order valence-electron chi connectivity index (χ0n) is 13.7. The summed E-state index contributed by atoms with van der Waals surface area (Å²) in [5.74, 6) is -2.09. The van der Waals surface area contributed by atoms with Gasteiger partial charge in [0.1, 0.15) is 6.10 Å². The molecule has 1 heterocycles. The number of benzene rings is 1. The zero-order chi connectivity index (χ0) is 16.8. The number of anilines is 1. The van der Waals surface area contributed by atoms with E-state index in [1.54, 1.807) is 18.2 Å². The first-order chi connectivity index (χ1) is 11.0. The third-order valence-electron chi connectivity index (χ3n) is 3.55. The van der Waals surface area contributed by atoms with Gasteiger partial charge in [-0.3, -0.25) is 4.79 Å². The predicted molar refractivity (Wildman–Crippen MR) is 93.1 cm³/mol. The van der Waals surface area contributed by atoms with Crippen molar-refractivity contribution in [2.45, 2.75) is 32.8 Å². The molecule has 2 N–H and O–H groups in total. The minimum atomic E-state index is -0.826. The van der Waals surface area contributed by atoms with Gasteiger partial charge < -0.3 is 15.4 Å². The van der Waals surface area contributed by atoms with Crippen LogP contribution in [0.4, 0.5) is 10.1 Å². The van der Waals surface area contributed by atoms with Gasteiger partial charge >= 0.3 is 5.97 Å². The Morgan fingerprint density at radius 1 is 1.25 bits per heavy atom. The minimum absolute atomic E-state index is 0. The highest BCUT2D eigenvalue weighted by Crippen LogP contribution is 2.16. The van der Waals surface area contributed by atoms with Crippen LogP contribution in [0.3, 0.4) is 0 Å². The molecule has 7 heteroatoms. The standard InChI is InChI=1S/C17H21FN2O3.ClH/c1-11(2)15(18)16(21)20-13-5-3-4-12(10-13)17(22)23-14-6-8-19-9-7-14;/h3-5,10,14,19H,6-9H2,1-2H3,(H,20,21);1H. The van der Waals surface area contributed by atoms with Crippen molar-refractivity contribution in [2.24, 2.45) is 0 Å².